The average Bonchev–Trinajstić information content (AvgIpc) is 2.17. The zero-order valence-electron chi connectivity index (χ0n) is 8.80. The number of hydrogen-bond acceptors (Lipinski definition) is 1. The first kappa shape index (κ1) is 12.8. The molecule has 1 nitrogen and oxygen atoms in total. The molecule has 88 valence electrons. The molecular formula is C12H14F3N. The SMILES string of the molecule is C=CCC(N)Cc1ccc(C(F)(F)F)cc1. The number of benzene rings is 1. The molecule has 0 aromatic heterocycles. The van der Waals surface area contributed by atoms with Crippen molar-refractivity contribution in [2.75, 3.05) is 0 Å². The van der Waals surface area contributed by atoms with E-state index in [1.54, 1.807) is 6.08 Å². The Labute approximate surface area is 92.8 Å². The van der Waals surface area contributed by atoms with Crippen LogP contribution in [0.3, 0.4) is 0 Å². The van der Waals surface area contributed by atoms with Crippen LogP contribution in [0.25, 0.3) is 0 Å². The molecule has 4 heteroatoms. The molecular weight excluding hydrogens is 215 g/mol. The standard InChI is InChI=1S/C12H14F3N/c1-2-3-11(16)8-9-4-6-10(7-5-9)12(13,14)15/h2,4-7,11H,1,3,8,16H2. The van der Waals surface area contributed by atoms with Crippen molar-refractivity contribution in [1.82, 2.24) is 0 Å². The highest BCUT2D eigenvalue weighted by Gasteiger charge is 2.29. The Hall–Kier alpha value is -1.29. The third-order valence-corrected chi connectivity index (χ3v) is 2.25. The van der Waals surface area contributed by atoms with Gasteiger partial charge in [-0.25, -0.2) is 0 Å². The van der Waals surface area contributed by atoms with Crippen LogP contribution in [0.2, 0.25) is 0 Å². The number of rotatable bonds is 4. The van der Waals surface area contributed by atoms with Crippen molar-refractivity contribution in [3.63, 3.8) is 0 Å². The molecule has 0 bridgehead atoms. The van der Waals surface area contributed by atoms with Gasteiger partial charge in [-0.05, 0) is 30.5 Å². The van der Waals surface area contributed by atoms with Crippen molar-refractivity contribution in [2.45, 2.75) is 25.1 Å². The lowest BCUT2D eigenvalue weighted by molar-refractivity contribution is -0.137. The van der Waals surface area contributed by atoms with Gasteiger partial charge in [0.15, 0.2) is 0 Å². The van der Waals surface area contributed by atoms with E-state index in [2.05, 4.69) is 6.58 Å². The second-order valence-electron chi connectivity index (χ2n) is 3.68. The van der Waals surface area contributed by atoms with Crippen molar-refractivity contribution < 1.29 is 13.2 Å². The van der Waals surface area contributed by atoms with Crippen molar-refractivity contribution >= 4 is 0 Å². The van der Waals surface area contributed by atoms with Crippen molar-refractivity contribution in [3.8, 4) is 0 Å². The van der Waals surface area contributed by atoms with E-state index in [9.17, 15) is 13.2 Å². The Morgan fingerprint density at radius 2 is 1.81 bits per heavy atom. The Balaban J connectivity index is 2.68. The molecule has 0 heterocycles. The van der Waals surface area contributed by atoms with Gasteiger partial charge in [-0.15, -0.1) is 6.58 Å². The van der Waals surface area contributed by atoms with Gasteiger partial charge in [0.25, 0.3) is 0 Å². The van der Waals surface area contributed by atoms with Crippen LogP contribution in [-0.2, 0) is 12.6 Å². The third-order valence-electron chi connectivity index (χ3n) is 2.25. The van der Waals surface area contributed by atoms with Crippen LogP contribution in [0, 0.1) is 0 Å². The summed E-state index contributed by atoms with van der Waals surface area (Å²) in [5.74, 6) is 0. The lowest BCUT2D eigenvalue weighted by Crippen LogP contribution is -2.21. The molecule has 0 spiro atoms. The van der Waals surface area contributed by atoms with E-state index < -0.39 is 11.7 Å². The molecule has 0 aliphatic carbocycles. The first-order valence-corrected chi connectivity index (χ1v) is 4.96. The minimum absolute atomic E-state index is 0.0887. The van der Waals surface area contributed by atoms with Crippen LogP contribution < -0.4 is 5.73 Å². The van der Waals surface area contributed by atoms with Crippen LogP contribution in [0.5, 0.6) is 0 Å². The Morgan fingerprint density at radius 3 is 2.25 bits per heavy atom. The molecule has 16 heavy (non-hydrogen) atoms. The molecule has 0 fully saturated rings. The Bertz CT molecular complexity index is 340. The lowest BCUT2D eigenvalue weighted by Gasteiger charge is -2.10. The molecule has 1 unspecified atom stereocenters. The fraction of sp³-hybridized carbons (Fsp3) is 0.333. The summed E-state index contributed by atoms with van der Waals surface area (Å²) < 4.78 is 36.8. The van der Waals surface area contributed by atoms with E-state index >= 15 is 0 Å². The monoisotopic (exact) mass is 229 g/mol. The molecule has 0 amide bonds. The summed E-state index contributed by atoms with van der Waals surface area (Å²) in [5, 5.41) is 0. The van der Waals surface area contributed by atoms with E-state index in [1.165, 1.54) is 12.1 Å². The van der Waals surface area contributed by atoms with E-state index in [1.807, 2.05) is 0 Å². The summed E-state index contributed by atoms with van der Waals surface area (Å²) in [4.78, 5) is 0. The predicted octanol–water partition coefficient (Wildman–Crippen LogP) is 3.15. The summed E-state index contributed by atoms with van der Waals surface area (Å²) in [5.41, 5.74) is 5.92. The summed E-state index contributed by atoms with van der Waals surface area (Å²) in [7, 11) is 0. The third kappa shape index (κ3) is 3.70. The van der Waals surface area contributed by atoms with Gasteiger partial charge in [-0.2, -0.15) is 13.2 Å². The van der Waals surface area contributed by atoms with Crippen molar-refractivity contribution in [2.24, 2.45) is 5.73 Å². The second-order valence-corrected chi connectivity index (χ2v) is 3.68. The maximum Gasteiger partial charge on any atom is 0.416 e. The van der Waals surface area contributed by atoms with Gasteiger partial charge in [0.1, 0.15) is 0 Å². The quantitative estimate of drug-likeness (QED) is 0.788. The van der Waals surface area contributed by atoms with Gasteiger partial charge in [-0.1, -0.05) is 18.2 Å². The van der Waals surface area contributed by atoms with Gasteiger partial charge in [0, 0.05) is 6.04 Å². The Kier molecular flexibility index (Phi) is 4.12. The van der Waals surface area contributed by atoms with E-state index in [0.717, 1.165) is 17.7 Å². The molecule has 0 saturated carbocycles. The summed E-state index contributed by atoms with van der Waals surface area (Å²) in [6, 6.07) is 5.00. The lowest BCUT2D eigenvalue weighted by atomic mass is 10.0. The van der Waals surface area contributed by atoms with Crippen LogP contribution in [0.15, 0.2) is 36.9 Å². The van der Waals surface area contributed by atoms with Crippen LogP contribution >= 0.6 is 0 Å². The highest BCUT2D eigenvalue weighted by molar-refractivity contribution is 5.25. The van der Waals surface area contributed by atoms with Gasteiger partial charge in [0.05, 0.1) is 5.56 Å². The molecule has 0 radical (unpaired) electrons. The van der Waals surface area contributed by atoms with Gasteiger partial charge in [-0.3, -0.25) is 0 Å². The first-order chi connectivity index (χ1) is 7.43. The van der Waals surface area contributed by atoms with Gasteiger partial charge >= 0.3 is 6.18 Å². The Morgan fingerprint density at radius 1 is 1.25 bits per heavy atom. The van der Waals surface area contributed by atoms with E-state index in [4.69, 9.17) is 5.73 Å². The number of hydrogen-bond donors (Lipinski definition) is 1. The molecule has 1 aromatic rings. The van der Waals surface area contributed by atoms with E-state index in [0.29, 0.717) is 12.8 Å². The summed E-state index contributed by atoms with van der Waals surface area (Å²) >= 11 is 0. The summed E-state index contributed by atoms with van der Waals surface area (Å²) in [6.07, 6.45) is -1.36. The normalized spacial score (nSPS) is 13.5. The maximum absolute atomic E-state index is 12.3. The van der Waals surface area contributed by atoms with Crippen LogP contribution in [-0.4, -0.2) is 6.04 Å². The second kappa shape index (κ2) is 5.16. The first-order valence-electron chi connectivity index (χ1n) is 4.96. The predicted molar refractivity (Wildman–Crippen MR) is 57.9 cm³/mol. The van der Waals surface area contributed by atoms with Crippen molar-refractivity contribution in [1.29, 1.82) is 0 Å². The molecule has 1 atom stereocenters. The fourth-order valence-corrected chi connectivity index (χ4v) is 1.43. The van der Waals surface area contributed by atoms with E-state index in [-0.39, 0.29) is 6.04 Å². The topological polar surface area (TPSA) is 26.0 Å². The van der Waals surface area contributed by atoms with Gasteiger partial charge < -0.3 is 5.73 Å². The maximum atomic E-state index is 12.3. The smallest absolute Gasteiger partial charge is 0.327 e. The fourth-order valence-electron chi connectivity index (χ4n) is 1.43. The molecule has 1 aromatic carbocycles. The van der Waals surface area contributed by atoms with Crippen LogP contribution in [0.1, 0.15) is 17.5 Å². The zero-order valence-corrected chi connectivity index (χ0v) is 8.80. The minimum atomic E-state index is -4.28. The number of alkyl halides is 3. The molecule has 1 rings (SSSR count). The molecule has 0 aliphatic rings. The number of halogens is 3. The minimum Gasteiger partial charge on any atom is -0.327 e. The summed E-state index contributed by atoms with van der Waals surface area (Å²) in [6.45, 7) is 3.56. The molecule has 0 saturated heterocycles. The zero-order chi connectivity index (χ0) is 12.2. The molecule has 0 aliphatic heterocycles. The van der Waals surface area contributed by atoms with Crippen molar-refractivity contribution in [3.05, 3.63) is 48.0 Å². The largest absolute Gasteiger partial charge is 0.416 e. The highest BCUT2D eigenvalue weighted by Crippen LogP contribution is 2.29. The highest BCUT2D eigenvalue weighted by atomic mass is 19.4. The molecule has 2 N–H and O–H groups in total. The average molecular weight is 229 g/mol. The van der Waals surface area contributed by atoms with Crippen LogP contribution in [0.4, 0.5) is 13.2 Å². The number of nitrogens with two attached hydrogens (primary N) is 1. The van der Waals surface area contributed by atoms with Gasteiger partial charge in [0.2, 0.25) is 0 Å².